The molecule has 0 amide bonds. The van der Waals surface area contributed by atoms with Crippen molar-refractivity contribution in [2.75, 3.05) is 14.2 Å². The number of allylic oxidation sites excluding steroid dienone is 4. The zero-order valence-corrected chi connectivity index (χ0v) is 17.8. The van der Waals surface area contributed by atoms with Crippen molar-refractivity contribution < 1.29 is 28.7 Å². The molecular formula is C26H22O6. The first-order valence-electron chi connectivity index (χ1n) is 11.8. The molecule has 0 aliphatic heterocycles. The van der Waals surface area contributed by atoms with Gasteiger partial charge in [-0.3, -0.25) is 9.59 Å². The Balaban J connectivity index is 1.43. The number of carbonyl (C=O) groups excluding carboxylic acids is 4. The van der Waals surface area contributed by atoms with E-state index in [-0.39, 0.29) is 58.2 Å². The average molecular weight is 430 g/mol. The fraction of sp³-hybridized carbons (Fsp3) is 0.615. The summed E-state index contributed by atoms with van der Waals surface area (Å²) in [5, 5.41) is 0. The van der Waals surface area contributed by atoms with Crippen molar-refractivity contribution in [3.05, 3.63) is 35.5 Å². The summed E-state index contributed by atoms with van der Waals surface area (Å²) in [5.74, 6) is -0.774. The Morgan fingerprint density at radius 3 is 1.56 bits per heavy atom. The molecule has 0 unspecified atom stereocenters. The van der Waals surface area contributed by atoms with Crippen LogP contribution in [0.2, 0.25) is 0 Å². The molecule has 10 rings (SSSR count). The predicted octanol–water partition coefficient (Wildman–Crippen LogP) is 1.66. The largest absolute Gasteiger partial charge is 0.466 e. The number of esters is 2. The van der Waals surface area contributed by atoms with Gasteiger partial charge in [0.2, 0.25) is 0 Å². The third-order valence-electron chi connectivity index (χ3n) is 12.3. The third-order valence-corrected chi connectivity index (χ3v) is 12.3. The van der Waals surface area contributed by atoms with Crippen LogP contribution >= 0.6 is 0 Å². The summed E-state index contributed by atoms with van der Waals surface area (Å²) in [5.41, 5.74) is -2.39. The normalized spacial score (nSPS) is 61.1. The Bertz CT molecular complexity index is 1180. The summed E-state index contributed by atoms with van der Waals surface area (Å²) in [7, 11) is 2.61. The number of methoxy groups -OCH3 is 2. The van der Waals surface area contributed by atoms with Gasteiger partial charge in [0, 0.05) is 11.8 Å². The lowest BCUT2D eigenvalue weighted by Crippen LogP contribution is -2.74. The molecule has 6 bridgehead atoms. The van der Waals surface area contributed by atoms with Crippen LogP contribution in [0.1, 0.15) is 12.8 Å². The van der Waals surface area contributed by atoms with Crippen LogP contribution in [0.25, 0.3) is 0 Å². The molecule has 12 atom stereocenters. The van der Waals surface area contributed by atoms with Crippen LogP contribution < -0.4 is 0 Å². The molecule has 6 saturated carbocycles. The van der Waals surface area contributed by atoms with Crippen molar-refractivity contribution in [1.82, 2.24) is 0 Å². The fourth-order valence-electron chi connectivity index (χ4n) is 12.6. The zero-order valence-electron chi connectivity index (χ0n) is 17.8. The number of ether oxygens (including phenoxy) is 2. The maximum Gasteiger partial charge on any atom is 0.334 e. The summed E-state index contributed by atoms with van der Waals surface area (Å²) in [6.07, 6.45) is 10.1. The molecule has 0 saturated heterocycles. The number of hydrogen-bond donors (Lipinski definition) is 0. The first-order chi connectivity index (χ1) is 15.4. The zero-order chi connectivity index (χ0) is 21.7. The Morgan fingerprint density at radius 1 is 0.719 bits per heavy atom. The lowest BCUT2D eigenvalue weighted by atomic mass is 9.34. The second kappa shape index (κ2) is 4.22. The van der Waals surface area contributed by atoms with Crippen molar-refractivity contribution in [1.29, 1.82) is 0 Å². The summed E-state index contributed by atoms with van der Waals surface area (Å²) < 4.78 is 10.3. The molecule has 0 aromatic rings. The van der Waals surface area contributed by atoms with Gasteiger partial charge in [-0.1, -0.05) is 24.3 Å². The predicted molar refractivity (Wildman–Crippen MR) is 106 cm³/mol. The van der Waals surface area contributed by atoms with Crippen molar-refractivity contribution in [3.63, 3.8) is 0 Å². The summed E-state index contributed by atoms with van der Waals surface area (Å²) in [6.45, 7) is 0. The number of Topliss-reactive ketones (excluding diaryl/α,β-unsaturated/α-hetero) is 2. The van der Waals surface area contributed by atoms with Gasteiger partial charge in [-0.15, -0.1) is 0 Å². The molecule has 32 heavy (non-hydrogen) atoms. The second-order valence-electron chi connectivity index (χ2n) is 11.6. The van der Waals surface area contributed by atoms with Crippen molar-refractivity contribution in [3.8, 4) is 0 Å². The van der Waals surface area contributed by atoms with E-state index >= 15 is 0 Å². The van der Waals surface area contributed by atoms with E-state index in [0.717, 1.165) is 12.8 Å². The van der Waals surface area contributed by atoms with Gasteiger partial charge in [-0.25, -0.2) is 9.59 Å². The summed E-state index contributed by atoms with van der Waals surface area (Å²) in [6, 6.07) is 0. The molecule has 0 heterocycles. The van der Waals surface area contributed by atoms with E-state index < -0.39 is 45.4 Å². The lowest BCUT2D eigenvalue weighted by molar-refractivity contribution is -0.197. The highest BCUT2D eigenvalue weighted by atomic mass is 16.5. The van der Waals surface area contributed by atoms with Gasteiger partial charge < -0.3 is 9.47 Å². The van der Waals surface area contributed by atoms with E-state index in [4.69, 9.17) is 9.47 Å². The highest BCUT2D eigenvalue weighted by Gasteiger charge is 3.08. The first kappa shape index (κ1) is 17.0. The van der Waals surface area contributed by atoms with Crippen molar-refractivity contribution in [2.24, 2.45) is 69.0 Å². The van der Waals surface area contributed by atoms with Gasteiger partial charge in [0.05, 0.1) is 47.0 Å². The number of fused-ring (bicyclic) bond motifs is 2. The number of rotatable bonds is 2. The van der Waals surface area contributed by atoms with Gasteiger partial charge in [-0.2, -0.15) is 0 Å². The number of hydrogen-bond acceptors (Lipinski definition) is 6. The second-order valence-corrected chi connectivity index (χ2v) is 11.6. The van der Waals surface area contributed by atoms with Gasteiger partial charge in [-0.05, 0) is 48.3 Å². The Kier molecular flexibility index (Phi) is 2.24. The first-order valence-corrected chi connectivity index (χ1v) is 11.8. The molecule has 0 aromatic heterocycles. The van der Waals surface area contributed by atoms with Crippen LogP contribution in [0, 0.1) is 69.0 Å². The highest BCUT2D eigenvalue weighted by Crippen LogP contribution is 3.03. The number of carbonyl (C=O) groups is 4. The van der Waals surface area contributed by atoms with Crippen molar-refractivity contribution in [2.45, 2.75) is 12.8 Å². The molecule has 4 spiro atoms. The minimum Gasteiger partial charge on any atom is -0.466 e. The molecule has 0 aromatic carbocycles. The van der Waals surface area contributed by atoms with Gasteiger partial charge >= 0.3 is 11.9 Å². The molecule has 6 fully saturated rings. The Hall–Kier alpha value is -2.50. The monoisotopic (exact) mass is 430 g/mol. The van der Waals surface area contributed by atoms with E-state index in [2.05, 4.69) is 12.2 Å². The molecule has 0 N–H and O–H groups in total. The van der Waals surface area contributed by atoms with Crippen LogP contribution in [0.4, 0.5) is 0 Å². The lowest BCUT2D eigenvalue weighted by Gasteiger charge is -2.65. The minimum absolute atomic E-state index is 0.119. The van der Waals surface area contributed by atoms with Crippen molar-refractivity contribution >= 4 is 23.5 Å². The van der Waals surface area contributed by atoms with Crippen LogP contribution in [0.3, 0.4) is 0 Å². The number of ketones is 2. The van der Waals surface area contributed by atoms with Gasteiger partial charge in [0.1, 0.15) is 11.6 Å². The average Bonchev–Trinajstić information content (AvgIpc) is 3.55. The topological polar surface area (TPSA) is 86.7 Å². The van der Waals surface area contributed by atoms with Crippen LogP contribution in [-0.4, -0.2) is 37.7 Å². The summed E-state index contributed by atoms with van der Waals surface area (Å²) in [4.78, 5) is 55.9. The van der Waals surface area contributed by atoms with E-state index in [0.29, 0.717) is 0 Å². The molecule has 10 aliphatic carbocycles. The fourth-order valence-corrected chi connectivity index (χ4v) is 12.6. The Labute approximate surface area is 184 Å². The highest BCUT2D eigenvalue weighted by molar-refractivity contribution is 6.20. The third kappa shape index (κ3) is 0.965. The summed E-state index contributed by atoms with van der Waals surface area (Å²) >= 11 is 0. The van der Waals surface area contributed by atoms with E-state index in [1.165, 1.54) is 14.2 Å². The Morgan fingerprint density at radius 2 is 1.16 bits per heavy atom. The van der Waals surface area contributed by atoms with E-state index in [1.54, 1.807) is 0 Å². The molecule has 162 valence electrons. The van der Waals surface area contributed by atoms with Crippen LogP contribution in [0.15, 0.2) is 35.5 Å². The maximum atomic E-state index is 14.9. The molecule has 6 heteroatoms. The minimum atomic E-state index is -0.894. The van der Waals surface area contributed by atoms with E-state index in [9.17, 15) is 19.2 Å². The van der Waals surface area contributed by atoms with Gasteiger partial charge in [0.15, 0.2) is 0 Å². The molecule has 10 aliphatic rings. The molecule has 6 nitrogen and oxygen atoms in total. The standard InChI is InChI=1S/C26H22O6/c1-31-19(27)15-11-5-6-12(16(15)20(28)32-2)26-14-8-13-17-18(14)24(22(26)30)10-4-3-9(7-10)23(17,24)21(29)25(11,13)26/h3-6,9-14,17-18H,7-8H2,1-2H3/t9-,10+,11-,12+,13+,14-,17+,18-,23-,24+,25+,26-. The van der Waals surface area contributed by atoms with Gasteiger partial charge in [0.25, 0.3) is 0 Å². The van der Waals surface area contributed by atoms with Crippen LogP contribution in [-0.2, 0) is 28.7 Å². The van der Waals surface area contributed by atoms with Crippen LogP contribution in [0.5, 0.6) is 0 Å². The SMILES string of the molecule is COC(=O)C1=C(C(=O)OC)[C@@H]2C=C[C@H]1[C@@]13C(=O)[C@@]45[C@@H]6[C@H]7[C@@H](C[C@@H]61)[C@@]23C(=O)[C@]74[C@H]1C=C[C@@H]5C1. The smallest absolute Gasteiger partial charge is 0.334 e. The molecular weight excluding hydrogens is 408 g/mol. The van der Waals surface area contributed by atoms with E-state index in [1.807, 2.05) is 12.2 Å². The molecule has 0 radical (unpaired) electrons. The quantitative estimate of drug-likeness (QED) is 0.489. The maximum absolute atomic E-state index is 14.9.